The Kier molecular flexibility index (Phi) is 2.80. The molecule has 0 aliphatic carbocycles. The van der Waals surface area contributed by atoms with Crippen molar-refractivity contribution in [2.24, 2.45) is 5.16 Å². The molecule has 1 aromatic rings. The van der Waals surface area contributed by atoms with Crippen LogP contribution in [0, 0.1) is 0 Å². The average Bonchev–Trinajstić information content (AvgIpc) is 2.17. The van der Waals surface area contributed by atoms with Gasteiger partial charge in [0.1, 0.15) is 0 Å². The Bertz CT molecular complexity index is 356. The fraction of sp³-hybridized carbons (Fsp3) is 0.200. The molecule has 0 saturated carbocycles. The molecule has 13 heavy (non-hydrogen) atoms. The van der Waals surface area contributed by atoms with E-state index in [2.05, 4.69) is 16.7 Å². The minimum atomic E-state index is 0.551. The quantitative estimate of drug-likeness (QED) is 0.427. The molecule has 1 heterocycles. The Morgan fingerprint density at radius 1 is 1.38 bits per heavy atom. The molecular formula is C10H12N2O. The van der Waals surface area contributed by atoms with Crippen LogP contribution >= 0.6 is 0 Å². The smallest absolute Gasteiger partial charge is 0.0852 e. The van der Waals surface area contributed by atoms with Crippen LogP contribution in [0.25, 0.3) is 5.57 Å². The summed E-state index contributed by atoms with van der Waals surface area (Å²) in [5.74, 6) is 0. The van der Waals surface area contributed by atoms with Gasteiger partial charge in [-0.25, -0.2) is 0 Å². The number of aromatic nitrogens is 1. The molecular weight excluding hydrogens is 164 g/mol. The van der Waals surface area contributed by atoms with E-state index < -0.39 is 0 Å². The first-order chi connectivity index (χ1) is 6.15. The highest BCUT2D eigenvalue weighted by Crippen LogP contribution is 2.11. The minimum absolute atomic E-state index is 0.551. The molecule has 1 N–H and O–H groups in total. The molecule has 0 aliphatic rings. The maximum absolute atomic E-state index is 8.56. The van der Waals surface area contributed by atoms with E-state index in [0.717, 1.165) is 16.7 Å². The number of pyridine rings is 1. The predicted octanol–water partition coefficient (Wildman–Crippen LogP) is 2.31. The fourth-order valence-corrected chi connectivity index (χ4v) is 0.929. The van der Waals surface area contributed by atoms with E-state index in [4.69, 9.17) is 5.21 Å². The van der Waals surface area contributed by atoms with E-state index in [1.54, 1.807) is 19.3 Å². The summed E-state index contributed by atoms with van der Waals surface area (Å²) in [4.78, 5) is 4.02. The summed E-state index contributed by atoms with van der Waals surface area (Å²) in [6.45, 7) is 7.44. The summed E-state index contributed by atoms with van der Waals surface area (Å²) in [6, 6.07) is 1.89. The van der Waals surface area contributed by atoms with E-state index in [0.29, 0.717) is 5.71 Å². The Morgan fingerprint density at radius 3 is 2.54 bits per heavy atom. The molecule has 0 aliphatic heterocycles. The van der Waals surface area contributed by atoms with Gasteiger partial charge in [-0.15, -0.1) is 0 Å². The average molecular weight is 176 g/mol. The van der Waals surface area contributed by atoms with Gasteiger partial charge in [0.2, 0.25) is 0 Å². The lowest BCUT2D eigenvalue weighted by molar-refractivity contribution is 0.319. The number of nitrogens with zero attached hydrogens (tertiary/aromatic N) is 2. The molecule has 0 radical (unpaired) electrons. The second-order valence-electron chi connectivity index (χ2n) is 2.93. The van der Waals surface area contributed by atoms with E-state index >= 15 is 0 Å². The van der Waals surface area contributed by atoms with Gasteiger partial charge in [0.15, 0.2) is 0 Å². The van der Waals surface area contributed by atoms with Crippen LogP contribution in [-0.2, 0) is 0 Å². The van der Waals surface area contributed by atoms with Crippen LogP contribution in [0.15, 0.2) is 30.2 Å². The minimum Gasteiger partial charge on any atom is -0.411 e. The van der Waals surface area contributed by atoms with Crippen LogP contribution in [0.5, 0.6) is 0 Å². The third-order valence-corrected chi connectivity index (χ3v) is 1.80. The van der Waals surface area contributed by atoms with Gasteiger partial charge in [0.25, 0.3) is 0 Å². The van der Waals surface area contributed by atoms with Crippen molar-refractivity contribution < 1.29 is 5.21 Å². The maximum Gasteiger partial charge on any atom is 0.0852 e. The van der Waals surface area contributed by atoms with Gasteiger partial charge in [0, 0.05) is 18.0 Å². The van der Waals surface area contributed by atoms with Crippen molar-refractivity contribution in [2.75, 3.05) is 0 Å². The van der Waals surface area contributed by atoms with Gasteiger partial charge in [-0.3, -0.25) is 4.98 Å². The first-order valence-corrected chi connectivity index (χ1v) is 3.95. The Balaban J connectivity index is 3.13. The van der Waals surface area contributed by atoms with E-state index in [1.165, 1.54) is 0 Å². The first kappa shape index (κ1) is 9.45. The predicted molar refractivity (Wildman–Crippen MR) is 52.9 cm³/mol. The largest absolute Gasteiger partial charge is 0.411 e. The monoisotopic (exact) mass is 176 g/mol. The summed E-state index contributed by atoms with van der Waals surface area (Å²) in [7, 11) is 0. The first-order valence-electron chi connectivity index (χ1n) is 3.95. The zero-order chi connectivity index (χ0) is 9.84. The summed E-state index contributed by atoms with van der Waals surface area (Å²) >= 11 is 0. The molecule has 0 unspecified atom stereocenters. The van der Waals surface area contributed by atoms with Gasteiger partial charge in [-0.2, -0.15) is 0 Å². The number of oxime groups is 1. The second kappa shape index (κ2) is 3.85. The van der Waals surface area contributed by atoms with Crippen molar-refractivity contribution in [2.45, 2.75) is 13.8 Å². The summed E-state index contributed by atoms with van der Waals surface area (Å²) in [6.07, 6.45) is 3.39. The van der Waals surface area contributed by atoms with Gasteiger partial charge >= 0.3 is 0 Å². The van der Waals surface area contributed by atoms with Crippen molar-refractivity contribution in [1.82, 2.24) is 4.98 Å². The molecule has 0 amide bonds. The lowest BCUT2D eigenvalue weighted by Gasteiger charge is -2.01. The third kappa shape index (κ3) is 2.15. The Hall–Kier alpha value is -1.64. The van der Waals surface area contributed by atoms with Crippen molar-refractivity contribution in [3.63, 3.8) is 0 Å². The van der Waals surface area contributed by atoms with Crippen LogP contribution in [0.1, 0.15) is 25.0 Å². The van der Waals surface area contributed by atoms with Crippen LogP contribution < -0.4 is 0 Å². The molecule has 1 rings (SSSR count). The second-order valence-corrected chi connectivity index (χ2v) is 2.93. The van der Waals surface area contributed by atoms with Gasteiger partial charge in [-0.1, -0.05) is 11.7 Å². The lowest BCUT2D eigenvalue weighted by atomic mass is 10.1. The van der Waals surface area contributed by atoms with Crippen molar-refractivity contribution in [1.29, 1.82) is 0 Å². The Labute approximate surface area is 77.4 Å². The van der Waals surface area contributed by atoms with Crippen LogP contribution in [0.2, 0.25) is 0 Å². The topological polar surface area (TPSA) is 45.5 Å². The maximum atomic E-state index is 8.56. The molecule has 3 nitrogen and oxygen atoms in total. The number of allylic oxidation sites excluding steroid dienone is 1. The molecule has 0 fully saturated rings. The van der Waals surface area contributed by atoms with E-state index in [-0.39, 0.29) is 0 Å². The van der Waals surface area contributed by atoms with Gasteiger partial charge in [-0.05, 0) is 31.1 Å². The normalized spacial score (nSPS) is 11.4. The molecule has 0 aromatic carbocycles. The van der Waals surface area contributed by atoms with E-state index in [9.17, 15) is 0 Å². The van der Waals surface area contributed by atoms with Crippen molar-refractivity contribution in [3.8, 4) is 0 Å². The molecule has 0 bridgehead atoms. The van der Waals surface area contributed by atoms with Crippen LogP contribution in [0.4, 0.5) is 0 Å². The number of rotatable bonds is 2. The number of hydrogen-bond donors (Lipinski definition) is 1. The highest BCUT2D eigenvalue weighted by atomic mass is 16.4. The number of hydrogen-bond acceptors (Lipinski definition) is 3. The SMILES string of the molecule is C=C(C)c1cncc(C(C)=NO)c1. The highest BCUT2D eigenvalue weighted by molar-refractivity contribution is 5.98. The molecule has 0 saturated heterocycles. The standard InChI is InChI=1S/C10H12N2O/c1-7(2)9-4-10(6-11-5-9)8(3)12-13/h4-6,13H,1H2,2-3H3. The summed E-state index contributed by atoms with van der Waals surface area (Å²) in [5, 5.41) is 11.7. The van der Waals surface area contributed by atoms with Crippen LogP contribution in [0.3, 0.4) is 0 Å². The zero-order valence-corrected chi connectivity index (χ0v) is 7.78. The zero-order valence-electron chi connectivity index (χ0n) is 7.78. The van der Waals surface area contributed by atoms with Gasteiger partial charge in [0.05, 0.1) is 5.71 Å². The Morgan fingerprint density at radius 2 is 2.00 bits per heavy atom. The summed E-state index contributed by atoms with van der Waals surface area (Å²) < 4.78 is 0. The summed E-state index contributed by atoms with van der Waals surface area (Å²) in [5.41, 5.74) is 3.26. The van der Waals surface area contributed by atoms with Gasteiger partial charge < -0.3 is 5.21 Å². The third-order valence-electron chi connectivity index (χ3n) is 1.80. The molecule has 68 valence electrons. The van der Waals surface area contributed by atoms with E-state index in [1.807, 2.05) is 13.0 Å². The lowest BCUT2D eigenvalue weighted by Crippen LogP contribution is -1.96. The molecule has 0 atom stereocenters. The van der Waals surface area contributed by atoms with Crippen LogP contribution in [-0.4, -0.2) is 15.9 Å². The fourth-order valence-electron chi connectivity index (χ4n) is 0.929. The highest BCUT2D eigenvalue weighted by Gasteiger charge is 2.00. The van der Waals surface area contributed by atoms with Crippen molar-refractivity contribution >= 4 is 11.3 Å². The molecule has 0 spiro atoms. The molecule has 3 heteroatoms. The molecule has 1 aromatic heterocycles. The van der Waals surface area contributed by atoms with Crippen molar-refractivity contribution in [3.05, 3.63) is 36.2 Å².